The van der Waals surface area contributed by atoms with Crippen molar-refractivity contribution < 1.29 is 9.47 Å². The van der Waals surface area contributed by atoms with Crippen LogP contribution in [0.25, 0.3) is 3.59 Å². The van der Waals surface area contributed by atoms with Crippen molar-refractivity contribution in [2.24, 2.45) is 0 Å². The Morgan fingerprint density at radius 2 is 2.04 bits per heavy atom. The van der Waals surface area contributed by atoms with E-state index in [1.807, 2.05) is 24.3 Å². The first-order valence-corrected chi connectivity index (χ1v) is 9.71. The summed E-state index contributed by atoms with van der Waals surface area (Å²) in [4.78, 5) is 0. The first kappa shape index (κ1) is 16.9. The Labute approximate surface area is 155 Å². The van der Waals surface area contributed by atoms with Gasteiger partial charge in [0.25, 0.3) is 0 Å². The third-order valence-corrected chi connectivity index (χ3v) is 5.25. The van der Waals surface area contributed by atoms with Gasteiger partial charge in [-0.3, -0.25) is 0 Å². The molecule has 1 saturated heterocycles. The van der Waals surface area contributed by atoms with Crippen LogP contribution in [-0.4, -0.2) is 41.8 Å². The average Bonchev–Trinajstić information content (AvgIpc) is 3.04. The molecule has 2 aromatic rings. The fraction of sp³-hybridized carbons (Fsp3) is 0.263. The molecule has 2 nitrogen and oxygen atoms in total. The van der Waals surface area contributed by atoms with Crippen molar-refractivity contribution in [1.82, 2.24) is 0 Å². The molecule has 118 valence electrons. The first-order valence-electron chi connectivity index (χ1n) is 7.68. The standard InChI is InChI=1S/C19H18ClO2.Sn.H/c1-2-14-5-8-19(20)16(11-14)12-15-3-6-17(7-4-15)22-18-9-10-21-13-18;;/h3-8,11,18H,1,9-10,12-13H2;;. The fourth-order valence-corrected chi connectivity index (χ4v) is 3.31. The molecule has 2 radical (unpaired) electrons. The molecule has 4 heteroatoms. The van der Waals surface area contributed by atoms with Crippen molar-refractivity contribution in [2.75, 3.05) is 13.2 Å². The normalized spacial score (nSPS) is 17.2. The molecular formula is C19H19ClO2Sn. The van der Waals surface area contributed by atoms with Gasteiger partial charge in [0, 0.05) is 0 Å². The molecule has 1 fully saturated rings. The molecule has 0 saturated carbocycles. The Kier molecular flexibility index (Phi) is 5.67. The van der Waals surface area contributed by atoms with E-state index >= 15 is 0 Å². The van der Waals surface area contributed by atoms with Gasteiger partial charge >= 0.3 is 145 Å². The monoisotopic (exact) mass is 434 g/mol. The molecule has 0 N–H and O–H groups in total. The van der Waals surface area contributed by atoms with E-state index in [2.05, 4.69) is 24.8 Å². The second-order valence-electron chi connectivity index (χ2n) is 5.76. The maximum atomic E-state index is 6.34. The number of halogens is 1. The Balaban J connectivity index is 1.70. The van der Waals surface area contributed by atoms with Crippen LogP contribution in [0.1, 0.15) is 23.1 Å². The van der Waals surface area contributed by atoms with Crippen molar-refractivity contribution >= 4 is 37.7 Å². The molecule has 0 bridgehead atoms. The van der Waals surface area contributed by atoms with E-state index in [1.54, 1.807) is 0 Å². The molecule has 3 rings (SSSR count). The Bertz CT molecular complexity index is 691. The van der Waals surface area contributed by atoms with E-state index in [9.17, 15) is 0 Å². The second kappa shape index (κ2) is 7.73. The quantitative estimate of drug-likeness (QED) is 0.665. The van der Waals surface area contributed by atoms with E-state index in [4.69, 9.17) is 21.1 Å². The zero-order chi connectivity index (χ0) is 16.2. The van der Waals surface area contributed by atoms with Crippen molar-refractivity contribution in [3.63, 3.8) is 0 Å². The maximum absolute atomic E-state index is 6.34. The van der Waals surface area contributed by atoms with Crippen LogP contribution in [0, 0.1) is 0 Å². The summed E-state index contributed by atoms with van der Waals surface area (Å²) in [5, 5.41) is 0.805. The first-order chi connectivity index (χ1) is 11.1. The van der Waals surface area contributed by atoms with Crippen LogP contribution in [0.5, 0.6) is 5.75 Å². The third-order valence-electron chi connectivity index (χ3n) is 3.93. The number of hydrogen-bond acceptors (Lipinski definition) is 2. The van der Waals surface area contributed by atoms with E-state index in [0.717, 1.165) is 58.3 Å². The summed E-state index contributed by atoms with van der Waals surface area (Å²) in [6.45, 7) is 5.53. The Morgan fingerprint density at radius 1 is 1.26 bits per heavy atom. The van der Waals surface area contributed by atoms with Crippen LogP contribution in [0.15, 0.2) is 49.0 Å². The SMILES string of the molecule is C=[C]([SnH])c1ccc(Cl)c(Cc2ccc(OC3CCOC3)cc2)c1. The zero-order valence-electron chi connectivity index (χ0n) is 12.9. The topological polar surface area (TPSA) is 18.5 Å². The van der Waals surface area contributed by atoms with Crippen LogP contribution in [0.2, 0.25) is 5.02 Å². The predicted molar refractivity (Wildman–Crippen MR) is 96.7 cm³/mol. The van der Waals surface area contributed by atoms with Crippen molar-refractivity contribution in [3.05, 3.63) is 70.8 Å². The number of rotatable bonds is 5. The summed E-state index contributed by atoms with van der Waals surface area (Å²) < 4.78 is 12.4. The summed E-state index contributed by atoms with van der Waals surface area (Å²) in [7, 11) is 0. The van der Waals surface area contributed by atoms with Gasteiger partial charge in [-0.25, -0.2) is 0 Å². The van der Waals surface area contributed by atoms with Crippen LogP contribution in [0.4, 0.5) is 0 Å². The van der Waals surface area contributed by atoms with Gasteiger partial charge < -0.3 is 4.74 Å². The van der Waals surface area contributed by atoms with Gasteiger partial charge in [-0.15, -0.1) is 0 Å². The number of hydrogen-bond donors (Lipinski definition) is 0. The van der Waals surface area contributed by atoms with E-state index in [0.29, 0.717) is 6.61 Å². The molecule has 1 atom stereocenters. The van der Waals surface area contributed by atoms with Gasteiger partial charge in [-0.05, 0) is 0 Å². The molecule has 0 spiro atoms. The molecule has 23 heavy (non-hydrogen) atoms. The number of benzene rings is 2. The third kappa shape index (κ3) is 4.52. The van der Waals surface area contributed by atoms with E-state index < -0.39 is 0 Å². The molecular weight excluding hydrogens is 414 g/mol. The molecule has 2 aromatic carbocycles. The van der Waals surface area contributed by atoms with Crippen molar-refractivity contribution in [1.29, 1.82) is 0 Å². The summed E-state index contributed by atoms with van der Waals surface area (Å²) >= 11 is 7.37. The Hall–Kier alpha value is -0.971. The van der Waals surface area contributed by atoms with Crippen LogP contribution in [-0.2, 0) is 11.2 Å². The summed E-state index contributed by atoms with van der Waals surface area (Å²) in [5.41, 5.74) is 3.54. The minimum absolute atomic E-state index is 0.187. The number of ether oxygens (including phenoxy) is 2. The predicted octanol–water partition coefficient (Wildman–Crippen LogP) is 3.97. The van der Waals surface area contributed by atoms with Gasteiger partial charge in [0.15, 0.2) is 0 Å². The minimum atomic E-state index is 0.187. The molecule has 1 unspecified atom stereocenters. The summed E-state index contributed by atoms with van der Waals surface area (Å²) in [6, 6.07) is 14.4. The second-order valence-corrected chi connectivity index (χ2v) is 8.15. The summed E-state index contributed by atoms with van der Waals surface area (Å²) in [5.74, 6) is 0.900. The molecule has 0 aromatic heterocycles. The van der Waals surface area contributed by atoms with Gasteiger partial charge in [0.2, 0.25) is 0 Å². The molecule has 0 aliphatic carbocycles. The van der Waals surface area contributed by atoms with Gasteiger partial charge in [-0.1, -0.05) is 0 Å². The molecule has 1 heterocycles. The molecule has 0 amide bonds. The van der Waals surface area contributed by atoms with Crippen LogP contribution < -0.4 is 4.74 Å². The van der Waals surface area contributed by atoms with Gasteiger partial charge in [0.1, 0.15) is 0 Å². The van der Waals surface area contributed by atoms with Gasteiger partial charge in [-0.2, -0.15) is 0 Å². The molecule has 1 aliphatic heterocycles. The Morgan fingerprint density at radius 3 is 2.70 bits per heavy atom. The summed E-state index contributed by atoms with van der Waals surface area (Å²) in [6.07, 6.45) is 1.97. The van der Waals surface area contributed by atoms with Crippen molar-refractivity contribution in [2.45, 2.75) is 18.9 Å². The van der Waals surface area contributed by atoms with E-state index in [-0.39, 0.29) is 6.10 Å². The fourth-order valence-electron chi connectivity index (χ4n) is 2.61. The van der Waals surface area contributed by atoms with Crippen molar-refractivity contribution in [3.8, 4) is 5.75 Å². The van der Waals surface area contributed by atoms with Crippen LogP contribution >= 0.6 is 11.6 Å². The molecule has 1 aliphatic rings. The van der Waals surface area contributed by atoms with Gasteiger partial charge in [0.05, 0.1) is 6.61 Å². The average molecular weight is 434 g/mol. The van der Waals surface area contributed by atoms with E-state index in [1.165, 1.54) is 14.7 Å². The van der Waals surface area contributed by atoms with Crippen LogP contribution in [0.3, 0.4) is 0 Å². The zero-order valence-corrected chi connectivity index (χ0v) is 17.0.